The highest BCUT2D eigenvalue weighted by molar-refractivity contribution is 7.12. The van der Waals surface area contributed by atoms with Gasteiger partial charge in [0, 0.05) is 5.54 Å². The second kappa shape index (κ2) is 3.94. The van der Waals surface area contributed by atoms with Crippen molar-refractivity contribution >= 4 is 17.3 Å². The fourth-order valence-corrected chi connectivity index (χ4v) is 2.62. The first-order valence-electron chi connectivity index (χ1n) is 5.04. The van der Waals surface area contributed by atoms with Crippen molar-refractivity contribution in [2.75, 3.05) is 14.2 Å². The van der Waals surface area contributed by atoms with Crippen molar-refractivity contribution < 1.29 is 9.53 Å². The predicted octanol–water partition coefficient (Wildman–Crippen LogP) is 1.83. The zero-order valence-electron chi connectivity index (χ0n) is 9.00. The third-order valence-electron chi connectivity index (χ3n) is 3.03. The van der Waals surface area contributed by atoms with E-state index in [4.69, 9.17) is 4.74 Å². The number of hydrogen-bond donors (Lipinski definition) is 1. The molecule has 15 heavy (non-hydrogen) atoms. The van der Waals surface area contributed by atoms with Gasteiger partial charge in [0.2, 0.25) is 0 Å². The van der Waals surface area contributed by atoms with Gasteiger partial charge < -0.3 is 10.1 Å². The van der Waals surface area contributed by atoms with E-state index in [1.54, 1.807) is 0 Å². The highest BCUT2D eigenvalue weighted by atomic mass is 32.1. The van der Waals surface area contributed by atoms with Gasteiger partial charge in [-0.15, -0.1) is 11.3 Å². The first kappa shape index (κ1) is 10.6. The number of rotatable bonds is 4. The molecule has 3 nitrogen and oxygen atoms in total. The molecule has 0 radical (unpaired) electrons. The van der Waals surface area contributed by atoms with Crippen LogP contribution in [0.2, 0.25) is 0 Å². The average molecular weight is 225 g/mol. The molecule has 0 saturated heterocycles. The Bertz CT molecular complexity index is 368. The molecule has 0 bridgehead atoms. The quantitative estimate of drug-likeness (QED) is 0.794. The molecule has 0 spiro atoms. The third-order valence-corrected chi connectivity index (χ3v) is 3.97. The summed E-state index contributed by atoms with van der Waals surface area (Å²) in [6.45, 7) is 0. The summed E-state index contributed by atoms with van der Waals surface area (Å²) in [6, 6.07) is 2.02. The van der Waals surface area contributed by atoms with Crippen molar-refractivity contribution in [3.05, 3.63) is 21.9 Å². The maximum absolute atomic E-state index is 11.5. The lowest BCUT2D eigenvalue weighted by Crippen LogP contribution is -2.29. The molecule has 82 valence electrons. The average Bonchev–Trinajstić information content (AvgIpc) is 2.88. The molecule has 1 heterocycles. The Balaban J connectivity index is 2.15. The monoisotopic (exact) mass is 225 g/mol. The molecule has 1 fully saturated rings. The Kier molecular flexibility index (Phi) is 2.80. The maximum Gasteiger partial charge on any atom is 0.348 e. The van der Waals surface area contributed by atoms with Crippen LogP contribution in [0.3, 0.4) is 0 Å². The van der Waals surface area contributed by atoms with Crippen LogP contribution in [0.1, 0.15) is 28.1 Å². The van der Waals surface area contributed by atoms with Crippen LogP contribution >= 0.6 is 11.3 Å². The van der Waals surface area contributed by atoms with Crippen LogP contribution in [-0.2, 0) is 11.2 Å². The van der Waals surface area contributed by atoms with Crippen molar-refractivity contribution in [1.29, 1.82) is 0 Å². The van der Waals surface area contributed by atoms with E-state index < -0.39 is 0 Å². The summed E-state index contributed by atoms with van der Waals surface area (Å²) in [7, 11) is 3.41. The molecule has 0 unspecified atom stereocenters. The first-order chi connectivity index (χ1) is 7.21. The summed E-state index contributed by atoms with van der Waals surface area (Å²) in [5.74, 6) is -0.216. The van der Waals surface area contributed by atoms with E-state index in [2.05, 4.69) is 5.32 Å². The minimum Gasteiger partial charge on any atom is -0.465 e. The van der Waals surface area contributed by atoms with Gasteiger partial charge in [0.25, 0.3) is 0 Å². The molecule has 0 aliphatic heterocycles. The lowest BCUT2D eigenvalue weighted by atomic mass is 10.1. The van der Waals surface area contributed by atoms with Gasteiger partial charge in [-0.25, -0.2) is 4.79 Å². The van der Waals surface area contributed by atoms with Crippen molar-refractivity contribution in [2.24, 2.45) is 0 Å². The third kappa shape index (κ3) is 2.06. The Morgan fingerprint density at radius 3 is 2.93 bits per heavy atom. The lowest BCUT2D eigenvalue weighted by Gasteiger charge is -2.13. The maximum atomic E-state index is 11.5. The van der Waals surface area contributed by atoms with E-state index in [1.807, 2.05) is 18.5 Å². The van der Waals surface area contributed by atoms with Crippen molar-refractivity contribution in [2.45, 2.75) is 24.8 Å². The first-order valence-corrected chi connectivity index (χ1v) is 5.92. The van der Waals surface area contributed by atoms with Crippen molar-refractivity contribution in [3.63, 3.8) is 0 Å². The highest BCUT2D eigenvalue weighted by Gasteiger charge is 2.41. The summed E-state index contributed by atoms with van der Waals surface area (Å²) in [4.78, 5) is 12.2. The molecule has 0 atom stereocenters. The molecule has 1 N–H and O–H groups in total. The van der Waals surface area contributed by atoms with Gasteiger partial charge in [-0.1, -0.05) is 0 Å². The molecular formula is C11H15NO2S. The largest absolute Gasteiger partial charge is 0.465 e. The normalized spacial score (nSPS) is 17.5. The minimum absolute atomic E-state index is 0.216. The Labute approximate surface area is 93.4 Å². The van der Waals surface area contributed by atoms with Crippen LogP contribution < -0.4 is 5.32 Å². The van der Waals surface area contributed by atoms with E-state index in [9.17, 15) is 4.79 Å². The smallest absolute Gasteiger partial charge is 0.348 e. The molecule has 1 aromatic rings. The molecule has 2 rings (SSSR count). The number of carbonyl (C=O) groups excluding carboxylic acids is 1. The number of nitrogens with one attached hydrogen (secondary N) is 1. The predicted molar refractivity (Wildman–Crippen MR) is 60.4 cm³/mol. The number of thiophene rings is 1. The summed E-state index contributed by atoms with van der Waals surface area (Å²) in [6.07, 6.45) is 3.32. The molecule has 1 aliphatic rings. The molecule has 1 aliphatic carbocycles. The van der Waals surface area contributed by atoms with Gasteiger partial charge >= 0.3 is 5.97 Å². The van der Waals surface area contributed by atoms with Crippen LogP contribution in [0, 0.1) is 0 Å². The number of ether oxygens (including phenoxy) is 1. The van der Waals surface area contributed by atoms with Crippen LogP contribution in [0.5, 0.6) is 0 Å². The van der Waals surface area contributed by atoms with Crippen LogP contribution in [-0.4, -0.2) is 25.7 Å². The fraction of sp³-hybridized carbons (Fsp3) is 0.545. The van der Waals surface area contributed by atoms with E-state index in [0.29, 0.717) is 0 Å². The molecule has 1 saturated carbocycles. The van der Waals surface area contributed by atoms with Gasteiger partial charge in [0.05, 0.1) is 7.11 Å². The fourth-order valence-electron chi connectivity index (χ4n) is 1.78. The van der Waals surface area contributed by atoms with E-state index in [0.717, 1.165) is 16.9 Å². The second-order valence-electron chi connectivity index (χ2n) is 3.97. The Morgan fingerprint density at radius 1 is 1.67 bits per heavy atom. The number of esters is 1. The lowest BCUT2D eigenvalue weighted by molar-refractivity contribution is 0.0605. The molecular weight excluding hydrogens is 210 g/mol. The summed E-state index contributed by atoms with van der Waals surface area (Å²) in [5, 5.41) is 5.28. The van der Waals surface area contributed by atoms with Crippen molar-refractivity contribution in [1.82, 2.24) is 5.32 Å². The number of likely N-dealkylation sites (N-methyl/N-ethyl adjacent to an activating group) is 1. The van der Waals surface area contributed by atoms with Gasteiger partial charge in [0.1, 0.15) is 4.88 Å². The van der Waals surface area contributed by atoms with Gasteiger partial charge in [-0.3, -0.25) is 0 Å². The highest BCUT2D eigenvalue weighted by Crippen LogP contribution is 2.39. The molecule has 0 amide bonds. The summed E-state index contributed by atoms with van der Waals surface area (Å²) in [5.41, 5.74) is 1.35. The van der Waals surface area contributed by atoms with E-state index >= 15 is 0 Å². The van der Waals surface area contributed by atoms with Gasteiger partial charge in [-0.2, -0.15) is 0 Å². The summed E-state index contributed by atoms with van der Waals surface area (Å²) >= 11 is 1.46. The zero-order chi connectivity index (χ0) is 10.9. The van der Waals surface area contributed by atoms with Gasteiger partial charge in [0.15, 0.2) is 0 Å². The number of methoxy groups -OCH3 is 1. The second-order valence-corrected chi connectivity index (χ2v) is 4.89. The Morgan fingerprint density at radius 2 is 2.40 bits per heavy atom. The Hall–Kier alpha value is -0.870. The summed E-state index contributed by atoms with van der Waals surface area (Å²) < 4.78 is 4.75. The van der Waals surface area contributed by atoms with Crippen molar-refractivity contribution in [3.8, 4) is 0 Å². The van der Waals surface area contributed by atoms with E-state index in [-0.39, 0.29) is 11.5 Å². The zero-order valence-corrected chi connectivity index (χ0v) is 9.82. The standard InChI is InChI=1S/C11H15NO2S/c1-12-11(4-5-11)7-8-3-6-15-9(8)10(13)14-2/h3,6,12H,4-5,7H2,1-2H3. The van der Waals surface area contributed by atoms with E-state index in [1.165, 1.54) is 31.3 Å². The topological polar surface area (TPSA) is 38.3 Å². The van der Waals surface area contributed by atoms with Crippen LogP contribution in [0.25, 0.3) is 0 Å². The molecule has 1 aromatic heterocycles. The van der Waals surface area contributed by atoms with Crippen LogP contribution in [0.15, 0.2) is 11.4 Å². The number of hydrogen-bond acceptors (Lipinski definition) is 4. The molecule has 4 heteroatoms. The molecule has 0 aromatic carbocycles. The SMILES string of the molecule is CNC1(Cc2ccsc2C(=O)OC)CC1. The van der Waals surface area contributed by atoms with Crippen LogP contribution in [0.4, 0.5) is 0 Å². The van der Waals surface area contributed by atoms with Gasteiger partial charge in [-0.05, 0) is 43.3 Å². The number of carbonyl (C=O) groups is 1. The minimum atomic E-state index is -0.216.